The van der Waals surface area contributed by atoms with Gasteiger partial charge >= 0.3 is 0 Å². The number of fused-ring (bicyclic) bond motifs is 12. The molecule has 4 N–H and O–H groups in total. The first kappa shape index (κ1) is 33.2. The highest BCUT2D eigenvalue weighted by molar-refractivity contribution is 9.10. The molecule has 0 aliphatic carbocycles. The van der Waals surface area contributed by atoms with Crippen LogP contribution in [0.25, 0.3) is 0 Å². The summed E-state index contributed by atoms with van der Waals surface area (Å²) in [5.41, 5.74) is -0.838. The number of anilines is 2. The van der Waals surface area contributed by atoms with E-state index >= 15 is 14.4 Å². The maximum absolute atomic E-state index is 15.4. The molecule has 10 atom stereocenters. The van der Waals surface area contributed by atoms with Gasteiger partial charge in [0.05, 0.1) is 10.8 Å². The van der Waals surface area contributed by atoms with Crippen LogP contribution in [0.4, 0.5) is 11.4 Å². The highest BCUT2D eigenvalue weighted by atomic mass is 33.5. The first-order valence-corrected chi connectivity index (χ1v) is 22.6. The van der Waals surface area contributed by atoms with Gasteiger partial charge in [-0.25, -0.2) is 0 Å². The molecule has 12 rings (SSSR count). The van der Waals surface area contributed by atoms with Crippen LogP contribution in [-0.4, -0.2) is 112 Å². The molecule has 4 amide bonds. The average molecular weight is 785 g/mol. The first-order valence-electron chi connectivity index (χ1n) is 16.9. The third kappa shape index (κ3) is 2.93. The van der Waals surface area contributed by atoms with Gasteiger partial charge in [0.25, 0.3) is 23.6 Å². The van der Waals surface area contributed by atoms with Crippen LogP contribution in [0.2, 0.25) is 0 Å². The molecule has 17 heteroatoms. The van der Waals surface area contributed by atoms with Crippen molar-refractivity contribution in [1.29, 1.82) is 0 Å². The summed E-state index contributed by atoms with van der Waals surface area (Å²) < 4.78 is 0. The summed E-state index contributed by atoms with van der Waals surface area (Å²) in [6, 6.07) is 14.9. The number of piperazine rings is 2. The minimum absolute atomic E-state index is 0.279. The number of carbonyl (C=O) groups excluding carboxylic acids is 4. The Morgan fingerprint density at radius 2 is 1.02 bits per heavy atom. The molecule has 10 heterocycles. The minimum Gasteiger partial charge on any atom is -0.388 e. The average Bonchev–Trinajstić information content (AvgIpc) is 3.70. The number of nitrogens with one attached hydrogen (secondary N) is 2. The summed E-state index contributed by atoms with van der Waals surface area (Å²) >= 11 is 0. The molecule has 4 bridgehead atoms. The molecule has 12 nitrogen and oxygen atoms in total. The molecule has 8 saturated heterocycles. The molecule has 8 fully saturated rings. The number of rotatable bonds is 3. The predicted octanol–water partition coefficient (Wildman–Crippen LogP) is 3.25. The third-order valence-electron chi connectivity index (χ3n) is 13.2. The van der Waals surface area contributed by atoms with E-state index in [0.29, 0.717) is 22.5 Å². The van der Waals surface area contributed by atoms with Crippen molar-refractivity contribution in [1.82, 2.24) is 19.6 Å². The molecule has 10 aliphatic rings. The lowest BCUT2D eigenvalue weighted by molar-refractivity contribution is -0.169. The Bertz CT molecular complexity index is 2030. The van der Waals surface area contributed by atoms with Crippen LogP contribution in [-0.2, 0) is 30.0 Å². The molecule has 51 heavy (non-hydrogen) atoms. The topological polar surface area (TPSA) is 146 Å². The molecule has 3 unspecified atom stereocenters. The number of hydrogen-bond acceptors (Lipinski definition) is 13. The van der Waals surface area contributed by atoms with Crippen LogP contribution >= 0.6 is 53.0 Å². The number of nitrogens with zero attached hydrogens (tertiary/aromatic N) is 4. The van der Waals surface area contributed by atoms with Crippen molar-refractivity contribution in [2.75, 3.05) is 24.7 Å². The number of likely N-dealkylation sites (N-methyl/N-ethyl adjacent to an activating group) is 2. The molecule has 10 aliphatic heterocycles. The van der Waals surface area contributed by atoms with Crippen LogP contribution in [0.3, 0.4) is 0 Å². The summed E-state index contributed by atoms with van der Waals surface area (Å²) in [7, 11) is 9.57. The van der Waals surface area contributed by atoms with Gasteiger partial charge < -0.3 is 30.6 Å². The maximum Gasteiger partial charge on any atom is 0.264 e. The number of aliphatic hydroxyl groups is 2. The van der Waals surface area contributed by atoms with Gasteiger partial charge in [-0.2, -0.15) is 0 Å². The maximum atomic E-state index is 15.4. The van der Waals surface area contributed by atoms with Gasteiger partial charge in [-0.1, -0.05) is 74.9 Å². The Balaban J connectivity index is 1.34. The highest BCUT2D eigenvalue weighted by Crippen LogP contribution is 2.79. The quantitative estimate of drug-likeness (QED) is 0.339. The largest absolute Gasteiger partial charge is 0.388 e. The Morgan fingerprint density at radius 1 is 0.608 bits per heavy atom. The van der Waals surface area contributed by atoms with Crippen LogP contribution in [0, 0.1) is 11.8 Å². The lowest BCUT2D eigenvalue weighted by Gasteiger charge is -2.60. The van der Waals surface area contributed by atoms with E-state index in [1.807, 2.05) is 76.2 Å². The molecular formula is C34H36N6O6S5. The zero-order chi connectivity index (χ0) is 36.0. The fraction of sp³-hybridized carbons (Fsp3) is 0.529. The fourth-order valence-electron chi connectivity index (χ4n) is 11.0. The zero-order valence-electron chi connectivity index (χ0n) is 28.4. The summed E-state index contributed by atoms with van der Waals surface area (Å²) in [5.74, 6) is -2.02. The van der Waals surface area contributed by atoms with Gasteiger partial charge in [0.1, 0.15) is 24.5 Å². The number of carbonyl (C=O) groups is 4. The fourth-order valence-corrected chi connectivity index (χ4v) is 21.5. The van der Waals surface area contributed by atoms with Crippen molar-refractivity contribution >= 4 is 88.0 Å². The van der Waals surface area contributed by atoms with Crippen molar-refractivity contribution in [3.8, 4) is 0 Å². The van der Waals surface area contributed by atoms with Crippen molar-refractivity contribution in [2.45, 2.75) is 82.5 Å². The van der Waals surface area contributed by atoms with Gasteiger partial charge in [0, 0.05) is 25.5 Å². The van der Waals surface area contributed by atoms with Crippen LogP contribution in [0.1, 0.15) is 38.8 Å². The van der Waals surface area contributed by atoms with Crippen LogP contribution in [0.5, 0.6) is 0 Å². The molecule has 2 aromatic carbocycles. The number of para-hydroxylation sites is 2. The first-order chi connectivity index (χ1) is 24.2. The molecule has 2 aromatic rings. The van der Waals surface area contributed by atoms with Gasteiger partial charge in [-0.15, -0.1) is 0 Å². The summed E-state index contributed by atoms with van der Waals surface area (Å²) in [6.07, 6.45) is -5.33. The van der Waals surface area contributed by atoms with Gasteiger partial charge in [-0.05, 0) is 77.3 Å². The number of aliphatic hydroxyl groups excluding tert-OH is 2. The minimum atomic E-state index is -1.81. The molecule has 268 valence electrons. The Kier molecular flexibility index (Phi) is 6.39. The summed E-state index contributed by atoms with van der Waals surface area (Å²) in [5, 5.41) is 34.4. The Labute approximate surface area is 314 Å². The van der Waals surface area contributed by atoms with Crippen molar-refractivity contribution in [3.05, 3.63) is 59.7 Å². The van der Waals surface area contributed by atoms with E-state index in [2.05, 4.69) is 10.6 Å². The van der Waals surface area contributed by atoms with Crippen molar-refractivity contribution in [3.63, 3.8) is 0 Å². The van der Waals surface area contributed by atoms with E-state index < -0.39 is 66.7 Å². The normalized spacial score (nSPS) is 44.0. The van der Waals surface area contributed by atoms with Gasteiger partial charge in [-0.3, -0.25) is 29.0 Å². The summed E-state index contributed by atoms with van der Waals surface area (Å²) in [6.45, 7) is 7.67. The second-order valence-corrected chi connectivity index (χ2v) is 22.2. The standard InChI is InChI=1S/C34H36N6O6S5/c1-15(2)31-27(45)39-23-29(17-11-7-9-13-19(17)35-23,21(41)33(39,48-47-31)25(43)37(31)5)30-18-12-8-10-14-20(18)36-24(30)40-28(46)32(16(3)4)38(6)26(44)34(40,22(30)42)50-51-49-32/h7-16,21-24,35-36,41-42H,1-6H3/t21-,22-,23-,24+,29?,30+,31-,32+,33?,34?/m0/s1. The van der Waals surface area contributed by atoms with Crippen molar-refractivity contribution < 1.29 is 29.4 Å². The van der Waals surface area contributed by atoms with E-state index in [9.17, 15) is 15.0 Å². The number of hydrogen-bond donors (Lipinski definition) is 4. The second kappa shape index (κ2) is 9.82. The lowest BCUT2D eigenvalue weighted by atomic mass is 9.52. The Morgan fingerprint density at radius 3 is 1.47 bits per heavy atom. The third-order valence-corrected chi connectivity index (χ3v) is 22.4. The number of amides is 4. The van der Waals surface area contributed by atoms with E-state index in [1.165, 1.54) is 62.8 Å². The lowest BCUT2D eigenvalue weighted by Crippen LogP contribution is -2.79. The van der Waals surface area contributed by atoms with E-state index in [-0.39, 0.29) is 23.7 Å². The monoisotopic (exact) mass is 784 g/mol. The molecule has 0 aromatic heterocycles. The number of benzene rings is 2. The molecule has 2 spiro atoms. The SMILES string of the molecule is CC(C)[C@@]12SSC3(C(=O)N1C)[C@@H](O)C1([C@@]45c6ccccc6N[C@@H]4N4C(=O)[C@@]6(C(C)C)SSSC4(C(=O)N6C)[C@H]5O)c4ccccc4N[C@H]1N3C2=O. The summed E-state index contributed by atoms with van der Waals surface area (Å²) in [4.78, 5) is 60.7. The Hall–Kier alpha value is -2.41. The zero-order valence-corrected chi connectivity index (χ0v) is 32.5. The van der Waals surface area contributed by atoms with Crippen LogP contribution < -0.4 is 10.6 Å². The van der Waals surface area contributed by atoms with E-state index in [0.717, 1.165) is 0 Å². The van der Waals surface area contributed by atoms with Gasteiger partial charge in [0.15, 0.2) is 9.74 Å². The van der Waals surface area contributed by atoms with Gasteiger partial charge in [0.2, 0.25) is 9.74 Å². The van der Waals surface area contributed by atoms with Crippen LogP contribution in [0.15, 0.2) is 48.5 Å². The molecular weight excluding hydrogens is 749 g/mol. The van der Waals surface area contributed by atoms with E-state index in [4.69, 9.17) is 0 Å². The molecule has 0 saturated carbocycles. The molecule has 0 radical (unpaired) electrons. The highest BCUT2D eigenvalue weighted by Gasteiger charge is 2.93. The predicted molar refractivity (Wildman–Crippen MR) is 201 cm³/mol. The smallest absolute Gasteiger partial charge is 0.264 e. The van der Waals surface area contributed by atoms with Crippen molar-refractivity contribution in [2.24, 2.45) is 11.8 Å². The second-order valence-electron chi connectivity index (χ2n) is 15.3. The van der Waals surface area contributed by atoms with E-state index in [1.54, 1.807) is 23.9 Å².